The molecular formula is C13H20IN3S. The molecule has 100 valence electrons. The third kappa shape index (κ3) is 5.06. The summed E-state index contributed by atoms with van der Waals surface area (Å²) in [5.41, 5.74) is 1.30. The van der Waals surface area contributed by atoms with E-state index in [4.69, 9.17) is 0 Å². The second-order valence-electron chi connectivity index (χ2n) is 3.94. The van der Waals surface area contributed by atoms with Crippen molar-refractivity contribution >= 4 is 41.7 Å². The fourth-order valence-electron chi connectivity index (χ4n) is 1.75. The first-order chi connectivity index (χ1) is 8.38. The van der Waals surface area contributed by atoms with Crippen LogP contribution in [0.3, 0.4) is 0 Å². The average molecular weight is 377 g/mol. The highest BCUT2D eigenvalue weighted by atomic mass is 127. The Hall–Kier alpha value is -0.430. The van der Waals surface area contributed by atoms with Crippen molar-refractivity contribution in [1.82, 2.24) is 10.6 Å². The molecule has 0 radical (unpaired) electrons. The molecule has 0 amide bonds. The Morgan fingerprint density at radius 2 is 2.33 bits per heavy atom. The topological polar surface area (TPSA) is 36.4 Å². The predicted molar refractivity (Wildman–Crippen MR) is 90.0 cm³/mol. The molecule has 18 heavy (non-hydrogen) atoms. The number of aliphatic imine (C=N–C) groups is 1. The van der Waals surface area contributed by atoms with Crippen molar-refractivity contribution in [2.75, 3.05) is 18.8 Å². The van der Waals surface area contributed by atoms with Crippen molar-refractivity contribution in [3.05, 3.63) is 29.8 Å². The fourth-order valence-corrected chi connectivity index (χ4v) is 2.49. The predicted octanol–water partition coefficient (Wildman–Crippen LogP) is 2.86. The van der Waals surface area contributed by atoms with E-state index in [1.165, 1.54) is 10.5 Å². The van der Waals surface area contributed by atoms with Crippen LogP contribution in [0.5, 0.6) is 0 Å². The van der Waals surface area contributed by atoms with Gasteiger partial charge in [-0.05, 0) is 29.9 Å². The van der Waals surface area contributed by atoms with Gasteiger partial charge in [0.2, 0.25) is 0 Å². The van der Waals surface area contributed by atoms with E-state index in [1.807, 2.05) is 11.8 Å². The molecule has 0 saturated carbocycles. The van der Waals surface area contributed by atoms with Crippen molar-refractivity contribution in [2.45, 2.75) is 24.8 Å². The van der Waals surface area contributed by atoms with E-state index in [2.05, 4.69) is 46.8 Å². The second-order valence-corrected chi connectivity index (χ2v) is 5.28. The molecular weight excluding hydrogens is 357 g/mol. The van der Waals surface area contributed by atoms with Crippen LogP contribution >= 0.6 is 35.7 Å². The van der Waals surface area contributed by atoms with Crippen molar-refractivity contribution in [2.24, 2.45) is 4.99 Å². The van der Waals surface area contributed by atoms with Crippen molar-refractivity contribution in [1.29, 1.82) is 0 Å². The van der Waals surface area contributed by atoms with Crippen LogP contribution in [-0.4, -0.2) is 24.8 Å². The minimum Gasteiger partial charge on any atom is -0.356 e. The molecule has 1 aliphatic rings. The van der Waals surface area contributed by atoms with Crippen molar-refractivity contribution in [3.63, 3.8) is 0 Å². The molecule has 2 N–H and O–H groups in total. The summed E-state index contributed by atoms with van der Waals surface area (Å²) in [4.78, 5) is 5.73. The average Bonchev–Trinajstić information content (AvgIpc) is 2.39. The van der Waals surface area contributed by atoms with Gasteiger partial charge in [-0.1, -0.05) is 19.1 Å². The van der Waals surface area contributed by atoms with E-state index in [9.17, 15) is 0 Å². The van der Waals surface area contributed by atoms with E-state index in [1.54, 1.807) is 0 Å². The van der Waals surface area contributed by atoms with Gasteiger partial charge < -0.3 is 10.6 Å². The van der Waals surface area contributed by atoms with Crippen LogP contribution < -0.4 is 10.6 Å². The minimum absolute atomic E-state index is 0. The van der Waals surface area contributed by atoms with Gasteiger partial charge in [0, 0.05) is 24.5 Å². The van der Waals surface area contributed by atoms with Crippen molar-refractivity contribution in [3.8, 4) is 0 Å². The van der Waals surface area contributed by atoms with Gasteiger partial charge in [0.25, 0.3) is 0 Å². The van der Waals surface area contributed by atoms with Gasteiger partial charge in [0.05, 0.1) is 0 Å². The molecule has 0 unspecified atom stereocenters. The molecule has 2 rings (SSSR count). The lowest BCUT2D eigenvalue weighted by atomic mass is 10.2. The third-order valence-corrected chi connectivity index (χ3v) is 3.44. The maximum Gasteiger partial charge on any atom is 0.191 e. The second kappa shape index (κ2) is 8.63. The van der Waals surface area contributed by atoms with E-state index >= 15 is 0 Å². The highest BCUT2D eigenvalue weighted by Gasteiger charge is 2.03. The highest BCUT2D eigenvalue weighted by molar-refractivity contribution is 14.0. The minimum atomic E-state index is 0. The Kier molecular flexibility index (Phi) is 7.50. The molecule has 0 spiro atoms. The molecule has 0 saturated heterocycles. The maximum atomic E-state index is 4.39. The normalized spacial score (nSPS) is 14.2. The summed E-state index contributed by atoms with van der Waals surface area (Å²) in [5, 5.41) is 6.60. The van der Waals surface area contributed by atoms with Gasteiger partial charge in [-0.15, -0.1) is 35.7 Å². The maximum absolute atomic E-state index is 4.39. The third-order valence-electron chi connectivity index (χ3n) is 2.57. The number of rotatable bonds is 4. The number of thioether (sulfide) groups is 1. The lowest BCUT2D eigenvalue weighted by Crippen LogP contribution is -2.40. The van der Waals surface area contributed by atoms with Crippen LogP contribution in [0, 0.1) is 0 Å². The van der Waals surface area contributed by atoms with Gasteiger partial charge in [-0.25, -0.2) is 0 Å². The molecule has 1 heterocycles. The zero-order valence-corrected chi connectivity index (χ0v) is 13.8. The number of benzene rings is 1. The fraction of sp³-hybridized carbons (Fsp3) is 0.462. The molecule has 0 aliphatic carbocycles. The van der Waals surface area contributed by atoms with E-state index in [0.29, 0.717) is 0 Å². The van der Waals surface area contributed by atoms with E-state index in [0.717, 1.165) is 37.8 Å². The summed E-state index contributed by atoms with van der Waals surface area (Å²) in [6.45, 7) is 4.97. The van der Waals surface area contributed by atoms with Crippen LogP contribution in [0.4, 0.5) is 0 Å². The lowest BCUT2D eigenvalue weighted by molar-refractivity contribution is 0.702. The Morgan fingerprint density at radius 3 is 3.06 bits per heavy atom. The zero-order chi connectivity index (χ0) is 11.9. The summed E-state index contributed by atoms with van der Waals surface area (Å²) < 4.78 is 0. The number of halogens is 1. The summed E-state index contributed by atoms with van der Waals surface area (Å²) in [6.07, 6.45) is 1.13. The molecule has 1 aliphatic heterocycles. The Balaban J connectivity index is 0.00000162. The summed E-state index contributed by atoms with van der Waals surface area (Å²) >= 11 is 1.88. The zero-order valence-electron chi connectivity index (χ0n) is 10.6. The molecule has 0 fully saturated rings. The first-order valence-corrected chi connectivity index (χ1v) is 7.11. The van der Waals surface area contributed by atoms with Crippen LogP contribution in [0.15, 0.2) is 34.2 Å². The highest BCUT2D eigenvalue weighted by Crippen LogP contribution is 2.18. The summed E-state index contributed by atoms with van der Waals surface area (Å²) in [7, 11) is 0. The Bertz CT molecular complexity index is 396. The van der Waals surface area contributed by atoms with Crippen LogP contribution in [0.25, 0.3) is 0 Å². The van der Waals surface area contributed by atoms with Crippen LogP contribution in [0.2, 0.25) is 0 Å². The molecule has 5 heteroatoms. The molecule has 3 nitrogen and oxygen atoms in total. The quantitative estimate of drug-likeness (QED) is 0.626. The van der Waals surface area contributed by atoms with Gasteiger partial charge >= 0.3 is 0 Å². The SMILES string of the molecule is CCSc1cccc(CNC2=NCCCN2)c1.I. The first kappa shape index (κ1) is 15.6. The van der Waals surface area contributed by atoms with Gasteiger partial charge in [-0.2, -0.15) is 0 Å². The Morgan fingerprint density at radius 1 is 1.44 bits per heavy atom. The number of nitrogens with zero attached hydrogens (tertiary/aromatic N) is 1. The van der Waals surface area contributed by atoms with Gasteiger partial charge in [0.15, 0.2) is 5.96 Å². The smallest absolute Gasteiger partial charge is 0.191 e. The van der Waals surface area contributed by atoms with Crippen LogP contribution in [0.1, 0.15) is 18.9 Å². The molecule has 0 bridgehead atoms. The number of hydrogen-bond donors (Lipinski definition) is 2. The monoisotopic (exact) mass is 377 g/mol. The number of nitrogens with one attached hydrogen (secondary N) is 2. The molecule has 1 aromatic carbocycles. The molecule has 1 aromatic rings. The standard InChI is InChI=1S/C13H19N3S.HI/c1-2-17-12-6-3-5-11(9-12)10-16-13-14-7-4-8-15-13;/h3,5-6,9H,2,4,7-8,10H2,1H3,(H2,14,15,16);1H. The van der Waals surface area contributed by atoms with Crippen LogP contribution in [-0.2, 0) is 6.54 Å². The largest absolute Gasteiger partial charge is 0.356 e. The van der Waals surface area contributed by atoms with Gasteiger partial charge in [-0.3, -0.25) is 4.99 Å². The number of hydrogen-bond acceptors (Lipinski definition) is 4. The summed E-state index contributed by atoms with van der Waals surface area (Å²) in [6, 6.07) is 8.67. The lowest BCUT2D eigenvalue weighted by Gasteiger charge is -2.16. The first-order valence-electron chi connectivity index (χ1n) is 6.12. The molecule has 0 atom stereocenters. The Labute approximate surface area is 130 Å². The number of guanidine groups is 1. The van der Waals surface area contributed by atoms with Crippen molar-refractivity contribution < 1.29 is 0 Å². The van der Waals surface area contributed by atoms with E-state index in [-0.39, 0.29) is 24.0 Å². The van der Waals surface area contributed by atoms with E-state index < -0.39 is 0 Å². The molecule has 0 aromatic heterocycles. The van der Waals surface area contributed by atoms with Gasteiger partial charge in [0.1, 0.15) is 0 Å². The summed E-state index contributed by atoms with van der Waals surface area (Å²) in [5.74, 6) is 2.05.